The molecule has 0 radical (unpaired) electrons. The zero-order valence-electron chi connectivity index (χ0n) is 9.88. The Morgan fingerprint density at radius 3 is 2.41 bits per heavy atom. The summed E-state index contributed by atoms with van der Waals surface area (Å²) in [6.45, 7) is 1.66. The molecule has 0 aliphatic heterocycles. The molecule has 0 fully saturated rings. The van der Waals surface area contributed by atoms with Crippen LogP contribution in [0.4, 0.5) is 0 Å². The maximum Gasteiger partial charge on any atom is 0.240 e. The number of benzene rings is 1. The fourth-order valence-electron chi connectivity index (χ4n) is 1.34. The van der Waals surface area contributed by atoms with Crippen molar-refractivity contribution in [3.63, 3.8) is 0 Å². The quantitative estimate of drug-likeness (QED) is 0.790. The van der Waals surface area contributed by atoms with Crippen molar-refractivity contribution in [3.8, 4) is 5.75 Å². The van der Waals surface area contributed by atoms with Gasteiger partial charge in [0.25, 0.3) is 0 Å². The largest absolute Gasteiger partial charge is 0.497 e. The van der Waals surface area contributed by atoms with E-state index < -0.39 is 10.0 Å². The molecule has 0 aliphatic rings. The second kappa shape index (κ2) is 6.00. The van der Waals surface area contributed by atoms with Gasteiger partial charge in [-0.25, -0.2) is 13.1 Å². The van der Waals surface area contributed by atoms with Crippen LogP contribution in [0.1, 0.15) is 13.3 Å². The van der Waals surface area contributed by atoms with E-state index in [0.29, 0.717) is 12.2 Å². The first-order valence-corrected chi connectivity index (χ1v) is 6.75. The first kappa shape index (κ1) is 14.0. The molecule has 5 nitrogen and oxygen atoms in total. The maximum absolute atomic E-state index is 11.9. The predicted molar refractivity (Wildman–Crippen MR) is 64.5 cm³/mol. The highest BCUT2D eigenvalue weighted by molar-refractivity contribution is 7.89. The van der Waals surface area contributed by atoms with Gasteiger partial charge in [-0.1, -0.05) is 0 Å². The zero-order chi connectivity index (χ0) is 12.9. The lowest BCUT2D eigenvalue weighted by Crippen LogP contribution is -2.33. The standard InChI is InChI=1S/C11H17NO4S/c1-9(7-8-13)12-17(14,15)11-5-3-10(16-2)4-6-11/h3-6,9,12-13H,7-8H2,1-2H3. The van der Waals surface area contributed by atoms with E-state index in [4.69, 9.17) is 9.84 Å². The van der Waals surface area contributed by atoms with Crippen molar-refractivity contribution in [1.82, 2.24) is 4.72 Å². The van der Waals surface area contributed by atoms with Crippen LogP contribution in [0.15, 0.2) is 29.2 Å². The monoisotopic (exact) mass is 259 g/mol. The Kier molecular flexibility index (Phi) is 4.92. The van der Waals surface area contributed by atoms with Gasteiger partial charge in [-0.3, -0.25) is 0 Å². The second-order valence-electron chi connectivity index (χ2n) is 3.71. The van der Waals surface area contributed by atoms with Crippen molar-refractivity contribution in [1.29, 1.82) is 0 Å². The molecule has 0 saturated heterocycles. The maximum atomic E-state index is 11.9. The van der Waals surface area contributed by atoms with E-state index in [9.17, 15) is 8.42 Å². The molecule has 0 bridgehead atoms. The number of aliphatic hydroxyl groups excluding tert-OH is 1. The van der Waals surface area contributed by atoms with Crippen molar-refractivity contribution in [2.45, 2.75) is 24.3 Å². The molecule has 0 aromatic heterocycles. The Morgan fingerprint density at radius 2 is 1.94 bits per heavy atom. The minimum atomic E-state index is -3.52. The number of nitrogens with one attached hydrogen (secondary N) is 1. The normalized spacial score (nSPS) is 13.4. The van der Waals surface area contributed by atoms with Crippen molar-refractivity contribution in [2.75, 3.05) is 13.7 Å². The van der Waals surface area contributed by atoms with Gasteiger partial charge < -0.3 is 9.84 Å². The summed E-state index contributed by atoms with van der Waals surface area (Å²) in [5, 5.41) is 8.72. The van der Waals surface area contributed by atoms with E-state index in [0.717, 1.165) is 0 Å². The summed E-state index contributed by atoms with van der Waals surface area (Å²) in [6.07, 6.45) is 0.384. The lowest BCUT2D eigenvalue weighted by atomic mass is 10.3. The molecule has 96 valence electrons. The molecule has 2 N–H and O–H groups in total. The highest BCUT2D eigenvalue weighted by Gasteiger charge is 2.16. The van der Waals surface area contributed by atoms with Gasteiger partial charge in [-0.2, -0.15) is 0 Å². The molecule has 0 saturated carbocycles. The number of hydrogen-bond donors (Lipinski definition) is 2. The Labute approximate surface area is 101 Å². The Hall–Kier alpha value is -1.11. The van der Waals surface area contributed by atoms with E-state index >= 15 is 0 Å². The average molecular weight is 259 g/mol. The lowest BCUT2D eigenvalue weighted by molar-refractivity contribution is 0.275. The van der Waals surface area contributed by atoms with Crippen LogP contribution in [-0.2, 0) is 10.0 Å². The number of methoxy groups -OCH3 is 1. The molecule has 1 aromatic rings. The smallest absolute Gasteiger partial charge is 0.240 e. The van der Waals surface area contributed by atoms with Crippen LogP contribution >= 0.6 is 0 Å². The Bertz CT molecular complexity index is 441. The van der Waals surface area contributed by atoms with Crippen molar-refractivity contribution >= 4 is 10.0 Å². The van der Waals surface area contributed by atoms with Gasteiger partial charge in [0.05, 0.1) is 12.0 Å². The first-order valence-electron chi connectivity index (χ1n) is 5.27. The van der Waals surface area contributed by atoms with Crippen LogP contribution in [0.25, 0.3) is 0 Å². The van der Waals surface area contributed by atoms with Crippen LogP contribution in [0.2, 0.25) is 0 Å². The van der Waals surface area contributed by atoms with Crippen molar-refractivity contribution in [2.24, 2.45) is 0 Å². The number of sulfonamides is 1. The Balaban J connectivity index is 2.82. The number of rotatable bonds is 6. The highest BCUT2D eigenvalue weighted by atomic mass is 32.2. The fraction of sp³-hybridized carbons (Fsp3) is 0.455. The Morgan fingerprint density at radius 1 is 1.35 bits per heavy atom. The molecule has 0 spiro atoms. The van der Waals surface area contributed by atoms with E-state index in [1.54, 1.807) is 19.1 Å². The average Bonchev–Trinajstić information content (AvgIpc) is 2.28. The van der Waals surface area contributed by atoms with Crippen LogP contribution in [0, 0.1) is 0 Å². The topological polar surface area (TPSA) is 75.6 Å². The van der Waals surface area contributed by atoms with Gasteiger partial charge in [0.2, 0.25) is 10.0 Å². The van der Waals surface area contributed by atoms with Gasteiger partial charge in [0, 0.05) is 12.6 Å². The van der Waals surface area contributed by atoms with Gasteiger partial charge in [-0.15, -0.1) is 0 Å². The minimum absolute atomic E-state index is 0.0493. The summed E-state index contributed by atoms with van der Waals surface area (Å²) in [6, 6.07) is 5.84. The molecule has 1 unspecified atom stereocenters. The van der Waals surface area contributed by atoms with Crippen LogP contribution in [0.3, 0.4) is 0 Å². The minimum Gasteiger partial charge on any atom is -0.497 e. The SMILES string of the molecule is COc1ccc(S(=O)(=O)NC(C)CCO)cc1. The predicted octanol–water partition coefficient (Wildman–Crippen LogP) is 0.744. The summed E-state index contributed by atoms with van der Waals surface area (Å²) in [5.41, 5.74) is 0. The summed E-state index contributed by atoms with van der Waals surface area (Å²) < 4.78 is 31.2. The second-order valence-corrected chi connectivity index (χ2v) is 5.42. The van der Waals surface area contributed by atoms with Gasteiger partial charge >= 0.3 is 0 Å². The first-order chi connectivity index (χ1) is 7.99. The summed E-state index contributed by atoms with van der Waals surface area (Å²) in [7, 11) is -2.00. The molecule has 0 heterocycles. The van der Waals surface area contributed by atoms with Crippen LogP contribution in [-0.4, -0.2) is 33.3 Å². The number of aliphatic hydroxyl groups is 1. The molecule has 17 heavy (non-hydrogen) atoms. The summed E-state index contributed by atoms with van der Waals surface area (Å²) >= 11 is 0. The van der Waals surface area contributed by atoms with E-state index in [-0.39, 0.29) is 17.5 Å². The van der Waals surface area contributed by atoms with Gasteiger partial charge in [0.1, 0.15) is 5.75 Å². The summed E-state index contributed by atoms with van der Waals surface area (Å²) in [4.78, 5) is 0.183. The molecule has 1 rings (SSSR count). The third kappa shape index (κ3) is 3.99. The van der Waals surface area contributed by atoms with Crippen LogP contribution in [0.5, 0.6) is 5.75 Å². The molecule has 1 atom stereocenters. The fourth-order valence-corrected chi connectivity index (χ4v) is 2.62. The third-order valence-electron chi connectivity index (χ3n) is 2.29. The molecule has 1 aromatic carbocycles. The van der Waals surface area contributed by atoms with Gasteiger partial charge in [-0.05, 0) is 37.6 Å². The molecular formula is C11H17NO4S. The van der Waals surface area contributed by atoms with Gasteiger partial charge in [0.15, 0.2) is 0 Å². The highest BCUT2D eigenvalue weighted by Crippen LogP contribution is 2.15. The number of ether oxygens (including phenoxy) is 1. The molecule has 0 aliphatic carbocycles. The van der Waals surface area contributed by atoms with Crippen molar-refractivity contribution in [3.05, 3.63) is 24.3 Å². The van der Waals surface area contributed by atoms with Crippen LogP contribution < -0.4 is 9.46 Å². The summed E-state index contributed by atoms with van der Waals surface area (Å²) in [5.74, 6) is 0.604. The lowest BCUT2D eigenvalue weighted by Gasteiger charge is -2.13. The zero-order valence-corrected chi connectivity index (χ0v) is 10.7. The molecule has 0 amide bonds. The molecule has 6 heteroatoms. The van der Waals surface area contributed by atoms with E-state index in [2.05, 4.69) is 4.72 Å². The van der Waals surface area contributed by atoms with E-state index in [1.165, 1.54) is 19.2 Å². The number of hydrogen-bond acceptors (Lipinski definition) is 4. The van der Waals surface area contributed by atoms with Crippen molar-refractivity contribution < 1.29 is 18.3 Å². The third-order valence-corrected chi connectivity index (χ3v) is 3.89. The van der Waals surface area contributed by atoms with E-state index in [1.807, 2.05) is 0 Å². The molecular weight excluding hydrogens is 242 g/mol.